The Hall–Kier alpha value is 0.620. The highest BCUT2D eigenvalue weighted by Crippen LogP contribution is 2.57. The van der Waals surface area contributed by atoms with E-state index in [9.17, 15) is 9.59 Å². The Morgan fingerprint density at radius 3 is 1.78 bits per heavy atom. The van der Waals surface area contributed by atoms with Gasteiger partial charge in [-0.1, -0.05) is 36.7 Å². The standard InChI is InChI=1S/C18H20O2S7/c1-3-15(19)22-5-11-7-24-17(26-11)13-9-21-10-14(13)18-25-8-12(27-18)6-23-16(20)4-2/h3-4,9-12,17-18H,1-2,5-8H2. The molecule has 2 aliphatic heterocycles. The van der Waals surface area contributed by atoms with Crippen LogP contribution in [0.2, 0.25) is 0 Å². The van der Waals surface area contributed by atoms with Crippen molar-refractivity contribution in [2.75, 3.05) is 23.0 Å². The molecule has 0 saturated carbocycles. The summed E-state index contributed by atoms with van der Waals surface area (Å²) in [6.07, 6.45) is 2.80. The summed E-state index contributed by atoms with van der Waals surface area (Å²) in [5, 5.41) is 5.76. The molecule has 146 valence electrons. The summed E-state index contributed by atoms with van der Waals surface area (Å²) >= 11 is 12.5. The molecule has 0 N–H and O–H groups in total. The van der Waals surface area contributed by atoms with Crippen LogP contribution in [0.3, 0.4) is 0 Å². The molecule has 0 spiro atoms. The van der Waals surface area contributed by atoms with Gasteiger partial charge in [-0.2, -0.15) is 11.3 Å². The fourth-order valence-electron chi connectivity index (χ4n) is 2.57. The fourth-order valence-corrected chi connectivity index (χ4v) is 12.6. The lowest BCUT2D eigenvalue weighted by Crippen LogP contribution is -2.06. The molecular formula is C18H20O2S7. The van der Waals surface area contributed by atoms with Crippen molar-refractivity contribution < 1.29 is 9.59 Å². The molecule has 0 amide bonds. The summed E-state index contributed by atoms with van der Waals surface area (Å²) < 4.78 is 0.931. The number of hydrogen-bond donors (Lipinski definition) is 0. The third-order valence-corrected chi connectivity index (χ3v) is 13.8. The smallest absolute Gasteiger partial charge is 0.211 e. The monoisotopic (exact) mass is 492 g/mol. The van der Waals surface area contributed by atoms with Gasteiger partial charge in [0.1, 0.15) is 0 Å². The van der Waals surface area contributed by atoms with Crippen LogP contribution in [0, 0.1) is 0 Å². The van der Waals surface area contributed by atoms with Crippen molar-refractivity contribution in [2.24, 2.45) is 0 Å². The summed E-state index contributed by atoms with van der Waals surface area (Å²) in [7, 11) is 0. The maximum atomic E-state index is 11.4. The van der Waals surface area contributed by atoms with Gasteiger partial charge in [-0.3, -0.25) is 9.59 Å². The molecule has 1 aromatic heterocycles. The van der Waals surface area contributed by atoms with Crippen molar-refractivity contribution >= 4 is 92.1 Å². The summed E-state index contributed by atoms with van der Waals surface area (Å²) in [5.74, 6) is 3.91. The van der Waals surface area contributed by atoms with Crippen molar-refractivity contribution in [3.8, 4) is 0 Å². The number of rotatable bonds is 8. The average molecular weight is 493 g/mol. The minimum absolute atomic E-state index is 0.0675. The molecule has 9 heteroatoms. The third-order valence-electron chi connectivity index (χ3n) is 3.89. The zero-order valence-corrected chi connectivity index (χ0v) is 20.3. The van der Waals surface area contributed by atoms with Crippen molar-refractivity contribution in [3.05, 3.63) is 47.2 Å². The van der Waals surface area contributed by atoms with E-state index in [2.05, 4.69) is 23.9 Å². The molecule has 2 aliphatic rings. The predicted molar refractivity (Wildman–Crippen MR) is 133 cm³/mol. The van der Waals surface area contributed by atoms with Crippen LogP contribution in [0.25, 0.3) is 0 Å². The largest absolute Gasteiger partial charge is 0.282 e. The van der Waals surface area contributed by atoms with E-state index in [0.29, 0.717) is 19.7 Å². The quantitative estimate of drug-likeness (QED) is 0.389. The Morgan fingerprint density at radius 2 is 1.37 bits per heavy atom. The van der Waals surface area contributed by atoms with E-state index in [4.69, 9.17) is 0 Å². The van der Waals surface area contributed by atoms with Crippen LogP contribution in [-0.2, 0) is 9.59 Å². The molecule has 3 rings (SSSR count). The van der Waals surface area contributed by atoms with Crippen LogP contribution in [0.1, 0.15) is 20.3 Å². The van der Waals surface area contributed by atoms with Gasteiger partial charge in [0.2, 0.25) is 10.2 Å². The molecule has 1 aromatic rings. The van der Waals surface area contributed by atoms with Gasteiger partial charge in [0.15, 0.2) is 0 Å². The maximum Gasteiger partial charge on any atom is 0.211 e. The highest BCUT2D eigenvalue weighted by Gasteiger charge is 2.34. The lowest BCUT2D eigenvalue weighted by Gasteiger charge is -2.15. The zero-order chi connectivity index (χ0) is 19.2. The van der Waals surface area contributed by atoms with Crippen molar-refractivity contribution in [1.82, 2.24) is 0 Å². The van der Waals surface area contributed by atoms with Crippen LogP contribution in [0.5, 0.6) is 0 Å². The average Bonchev–Trinajstić information content (AvgIpc) is 3.43. The number of carbonyl (C=O) groups excluding carboxylic acids is 2. The summed E-state index contributed by atoms with van der Waals surface area (Å²) in [6, 6.07) is 0. The third kappa shape index (κ3) is 6.30. The second kappa shape index (κ2) is 11.1. The molecule has 2 saturated heterocycles. The lowest BCUT2D eigenvalue weighted by molar-refractivity contribution is -0.107. The normalized spacial score (nSPS) is 27.6. The van der Waals surface area contributed by atoms with E-state index in [0.717, 1.165) is 23.0 Å². The minimum Gasteiger partial charge on any atom is -0.282 e. The SMILES string of the molecule is C=CC(=O)SCC1CSC(c2cscc2C2SCC(CSC(=O)C=C)S2)S1. The van der Waals surface area contributed by atoms with E-state index in [1.54, 1.807) is 11.3 Å². The Labute approximate surface area is 190 Å². The summed E-state index contributed by atoms with van der Waals surface area (Å²) in [4.78, 5) is 22.9. The van der Waals surface area contributed by atoms with Gasteiger partial charge in [0.05, 0.1) is 9.16 Å². The number of thiophene rings is 1. The molecule has 2 nitrogen and oxygen atoms in total. The highest BCUT2D eigenvalue weighted by atomic mass is 32.2. The number of hydrogen-bond acceptors (Lipinski definition) is 9. The molecule has 4 atom stereocenters. The van der Waals surface area contributed by atoms with Crippen LogP contribution < -0.4 is 0 Å². The van der Waals surface area contributed by atoms with Crippen molar-refractivity contribution in [1.29, 1.82) is 0 Å². The lowest BCUT2D eigenvalue weighted by atomic mass is 10.2. The van der Waals surface area contributed by atoms with Crippen molar-refractivity contribution in [3.63, 3.8) is 0 Å². The van der Waals surface area contributed by atoms with Crippen LogP contribution in [0.15, 0.2) is 36.1 Å². The second-order valence-electron chi connectivity index (χ2n) is 5.80. The van der Waals surface area contributed by atoms with Crippen LogP contribution in [0.4, 0.5) is 0 Å². The molecule has 2 fully saturated rings. The first-order chi connectivity index (χ1) is 13.1. The Balaban J connectivity index is 1.54. The zero-order valence-electron chi connectivity index (χ0n) is 14.5. The van der Waals surface area contributed by atoms with Gasteiger partial charge in [-0.25, -0.2) is 0 Å². The Kier molecular flexibility index (Phi) is 9.20. The topological polar surface area (TPSA) is 34.1 Å². The molecular weight excluding hydrogens is 473 g/mol. The van der Waals surface area contributed by atoms with Crippen LogP contribution in [-0.4, -0.2) is 43.7 Å². The number of thioether (sulfide) groups is 6. The van der Waals surface area contributed by atoms with E-state index in [-0.39, 0.29) is 10.2 Å². The molecule has 0 aliphatic carbocycles. The number of carbonyl (C=O) groups is 2. The summed E-state index contributed by atoms with van der Waals surface area (Å²) in [6.45, 7) is 7.08. The van der Waals surface area contributed by atoms with Gasteiger partial charge in [-0.15, -0.1) is 47.0 Å². The second-order valence-corrected chi connectivity index (χ2v) is 14.3. The fraction of sp³-hybridized carbons (Fsp3) is 0.444. The minimum atomic E-state index is 0.0675. The molecule has 3 heterocycles. The van der Waals surface area contributed by atoms with Gasteiger partial charge < -0.3 is 0 Å². The van der Waals surface area contributed by atoms with Gasteiger partial charge >= 0.3 is 0 Å². The Morgan fingerprint density at radius 1 is 0.926 bits per heavy atom. The van der Waals surface area contributed by atoms with E-state index < -0.39 is 0 Å². The first-order valence-electron chi connectivity index (χ1n) is 8.29. The molecule has 4 unspecified atom stereocenters. The molecule has 0 radical (unpaired) electrons. The van der Waals surface area contributed by atoms with Gasteiger partial charge in [0.25, 0.3) is 0 Å². The first-order valence-corrected chi connectivity index (χ1v) is 15.2. The molecule has 27 heavy (non-hydrogen) atoms. The predicted octanol–water partition coefficient (Wildman–Crippen LogP) is 6.33. The van der Waals surface area contributed by atoms with E-state index >= 15 is 0 Å². The maximum absolute atomic E-state index is 11.4. The molecule has 0 bridgehead atoms. The highest BCUT2D eigenvalue weighted by molar-refractivity contribution is 8.21. The van der Waals surface area contributed by atoms with Crippen LogP contribution >= 0.6 is 81.9 Å². The molecule has 0 aromatic carbocycles. The Bertz CT molecular complexity index is 645. The van der Waals surface area contributed by atoms with Gasteiger partial charge in [-0.05, 0) is 34.0 Å². The first kappa shape index (κ1) is 22.3. The van der Waals surface area contributed by atoms with E-state index in [1.165, 1.54) is 46.8 Å². The van der Waals surface area contributed by atoms with E-state index in [1.807, 2.05) is 47.0 Å². The van der Waals surface area contributed by atoms with Crippen molar-refractivity contribution in [2.45, 2.75) is 19.7 Å². The van der Waals surface area contributed by atoms with Gasteiger partial charge in [0, 0.05) is 33.5 Å². The summed E-state index contributed by atoms with van der Waals surface area (Å²) in [5.41, 5.74) is 2.91.